The van der Waals surface area contributed by atoms with Crippen molar-refractivity contribution in [3.8, 4) is 0 Å². The lowest BCUT2D eigenvalue weighted by molar-refractivity contribution is -0.145. The van der Waals surface area contributed by atoms with Crippen LogP contribution in [-0.4, -0.2) is 59.4 Å². The van der Waals surface area contributed by atoms with Gasteiger partial charge in [-0.15, -0.1) is 11.3 Å². The van der Waals surface area contributed by atoms with Crippen LogP contribution in [0.3, 0.4) is 0 Å². The molecule has 2 heterocycles. The first-order valence-corrected chi connectivity index (χ1v) is 8.64. The number of aliphatic carboxylic acids is 1. The van der Waals surface area contributed by atoms with Crippen LogP contribution >= 0.6 is 11.3 Å². The predicted molar refractivity (Wildman–Crippen MR) is 87.6 cm³/mol. The second-order valence-electron chi connectivity index (χ2n) is 5.81. The Labute approximate surface area is 139 Å². The molecule has 1 saturated heterocycles. The average molecular weight is 338 g/mol. The molecule has 1 aliphatic heterocycles. The number of carbonyl (C=O) groups is 3. The van der Waals surface area contributed by atoms with Crippen molar-refractivity contribution in [1.82, 2.24) is 9.80 Å². The topological polar surface area (TPSA) is 77.9 Å². The number of carbonyl (C=O) groups excluding carboxylic acids is 2. The van der Waals surface area contributed by atoms with Crippen molar-refractivity contribution in [3.63, 3.8) is 0 Å². The highest BCUT2D eigenvalue weighted by molar-refractivity contribution is 7.12. The molecular weight excluding hydrogens is 316 g/mol. The fourth-order valence-corrected chi connectivity index (χ4v) is 3.74. The van der Waals surface area contributed by atoms with E-state index >= 15 is 0 Å². The summed E-state index contributed by atoms with van der Waals surface area (Å²) in [5.74, 6) is -1.71. The summed E-state index contributed by atoms with van der Waals surface area (Å²) in [7, 11) is 1.61. The van der Waals surface area contributed by atoms with Crippen molar-refractivity contribution < 1.29 is 19.5 Å². The Morgan fingerprint density at radius 1 is 1.43 bits per heavy atom. The Morgan fingerprint density at radius 2 is 2.17 bits per heavy atom. The highest BCUT2D eigenvalue weighted by Gasteiger charge is 2.29. The molecule has 1 aromatic rings. The number of likely N-dealkylation sites (N-methyl/N-ethyl adjacent to an activating group) is 1. The Morgan fingerprint density at radius 3 is 2.83 bits per heavy atom. The van der Waals surface area contributed by atoms with Crippen molar-refractivity contribution in [1.29, 1.82) is 0 Å². The summed E-state index contributed by atoms with van der Waals surface area (Å²) in [4.78, 5) is 39.5. The molecule has 6 nitrogen and oxygen atoms in total. The number of carboxylic acids is 1. The lowest BCUT2D eigenvalue weighted by Crippen LogP contribution is -2.46. The molecule has 0 aromatic carbocycles. The van der Waals surface area contributed by atoms with Crippen molar-refractivity contribution in [2.45, 2.75) is 26.2 Å². The standard InChI is InChI=1S/C16H22N2O4S/c1-3-11-6-8-23-14(11)15(20)17(2)10-13(19)18-7-4-5-12(9-18)16(21)22/h6,8,12H,3-5,7,9-10H2,1-2H3,(H,21,22). The summed E-state index contributed by atoms with van der Waals surface area (Å²) in [6.07, 6.45) is 2.06. The molecule has 7 heteroatoms. The van der Waals surface area contributed by atoms with Crippen LogP contribution in [0.4, 0.5) is 0 Å². The molecule has 1 aromatic heterocycles. The molecule has 1 fully saturated rings. The fourth-order valence-electron chi connectivity index (χ4n) is 2.76. The van der Waals surface area contributed by atoms with E-state index in [0.717, 1.165) is 12.0 Å². The summed E-state index contributed by atoms with van der Waals surface area (Å²) in [5.41, 5.74) is 0.989. The molecule has 0 saturated carbocycles. The van der Waals surface area contributed by atoms with Gasteiger partial charge in [0.2, 0.25) is 5.91 Å². The third-order valence-corrected chi connectivity index (χ3v) is 5.11. The van der Waals surface area contributed by atoms with Gasteiger partial charge in [0, 0.05) is 20.1 Å². The highest BCUT2D eigenvalue weighted by atomic mass is 32.1. The lowest BCUT2D eigenvalue weighted by Gasteiger charge is -2.32. The van der Waals surface area contributed by atoms with Crippen LogP contribution in [0.5, 0.6) is 0 Å². The molecule has 1 unspecified atom stereocenters. The number of thiophene rings is 1. The monoisotopic (exact) mass is 338 g/mol. The normalized spacial score (nSPS) is 17.8. The predicted octanol–water partition coefficient (Wildman–Crippen LogP) is 1.71. The minimum Gasteiger partial charge on any atom is -0.481 e. The number of carboxylic acid groups (broad SMARTS) is 1. The van der Waals surface area contributed by atoms with E-state index < -0.39 is 11.9 Å². The van der Waals surface area contributed by atoms with E-state index in [1.165, 1.54) is 16.2 Å². The molecule has 2 rings (SSSR count). The second-order valence-corrected chi connectivity index (χ2v) is 6.72. The van der Waals surface area contributed by atoms with Crippen LogP contribution in [0.2, 0.25) is 0 Å². The van der Waals surface area contributed by atoms with E-state index in [1.807, 2.05) is 18.4 Å². The van der Waals surface area contributed by atoms with Crippen molar-refractivity contribution in [3.05, 3.63) is 21.9 Å². The molecular formula is C16H22N2O4S. The SMILES string of the molecule is CCc1ccsc1C(=O)N(C)CC(=O)N1CCCC(C(=O)O)C1. The molecule has 126 valence electrons. The van der Waals surface area contributed by atoms with Crippen molar-refractivity contribution >= 4 is 29.1 Å². The minimum atomic E-state index is -0.863. The maximum atomic E-state index is 12.4. The van der Waals surface area contributed by atoms with Gasteiger partial charge in [0.25, 0.3) is 5.91 Å². The van der Waals surface area contributed by atoms with E-state index in [0.29, 0.717) is 24.3 Å². The van der Waals surface area contributed by atoms with Crippen molar-refractivity contribution in [2.24, 2.45) is 5.92 Å². The van der Waals surface area contributed by atoms with Gasteiger partial charge in [0.15, 0.2) is 0 Å². The Balaban J connectivity index is 1.96. The number of nitrogens with zero attached hydrogens (tertiary/aromatic N) is 2. The fraction of sp³-hybridized carbons (Fsp3) is 0.562. The summed E-state index contributed by atoms with van der Waals surface area (Å²) < 4.78 is 0. The van der Waals surface area contributed by atoms with Gasteiger partial charge in [0.05, 0.1) is 17.3 Å². The molecule has 0 aliphatic carbocycles. The van der Waals surface area contributed by atoms with Crippen LogP contribution < -0.4 is 0 Å². The first-order chi connectivity index (χ1) is 10.9. The summed E-state index contributed by atoms with van der Waals surface area (Å²) in [5, 5.41) is 11.0. The Hall–Kier alpha value is -1.89. The molecule has 0 radical (unpaired) electrons. The van der Waals surface area contributed by atoms with E-state index in [9.17, 15) is 14.4 Å². The smallest absolute Gasteiger partial charge is 0.308 e. The molecule has 2 amide bonds. The first-order valence-electron chi connectivity index (χ1n) is 7.76. The summed E-state index contributed by atoms with van der Waals surface area (Å²) in [6, 6.07) is 1.93. The minimum absolute atomic E-state index is 0.0216. The number of piperidine rings is 1. The summed E-state index contributed by atoms with van der Waals surface area (Å²) >= 11 is 1.38. The molecule has 1 N–H and O–H groups in total. The van der Waals surface area contributed by atoms with E-state index in [4.69, 9.17) is 5.11 Å². The van der Waals surface area contributed by atoms with Crippen LogP contribution in [0, 0.1) is 5.92 Å². The van der Waals surface area contributed by atoms with Crippen LogP contribution in [-0.2, 0) is 16.0 Å². The molecule has 0 spiro atoms. The van der Waals surface area contributed by atoms with Crippen LogP contribution in [0.15, 0.2) is 11.4 Å². The van der Waals surface area contributed by atoms with Gasteiger partial charge < -0.3 is 14.9 Å². The molecule has 1 atom stereocenters. The first kappa shape index (κ1) is 17.5. The maximum Gasteiger partial charge on any atom is 0.308 e. The zero-order valence-electron chi connectivity index (χ0n) is 13.4. The molecule has 1 aliphatic rings. The maximum absolute atomic E-state index is 12.4. The molecule has 0 bridgehead atoms. The van der Waals surface area contributed by atoms with Gasteiger partial charge in [-0.1, -0.05) is 6.92 Å². The van der Waals surface area contributed by atoms with E-state index in [2.05, 4.69) is 0 Å². The van der Waals surface area contributed by atoms with Gasteiger partial charge in [-0.05, 0) is 36.3 Å². The number of likely N-dealkylation sites (tertiary alicyclic amines) is 1. The Bertz CT molecular complexity index is 599. The van der Waals surface area contributed by atoms with Gasteiger partial charge in [-0.3, -0.25) is 14.4 Å². The second kappa shape index (κ2) is 7.59. The largest absolute Gasteiger partial charge is 0.481 e. The number of aryl methyl sites for hydroxylation is 1. The van der Waals surface area contributed by atoms with E-state index in [1.54, 1.807) is 11.9 Å². The van der Waals surface area contributed by atoms with Crippen LogP contribution in [0.1, 0.15) is 35.0 Å². The average Bonchev–Trinajstić information content (AvgIpc) is 3.02. The lowest BCUT2D eigenvalue weighted by atomic mass is 9.98. The number of hydrogen-bond acceptors (Lipinski definition) is 4. The van der Waals surface area contributed by atoms with Gasteiger partial charge >= 0.3 is 5.97 Å². The Kier molecular flexibility index (Phi) is 5.76. The van der Waals surface area contributed by atoms with Gasteiger partial charge in [0.1, 0.15) is 0 Å². The molecule has 23 heavy (non-hydrogen) atoms. The van der Waals surface area contributed by atoms with Gasteiger partial charge in [-0.25, -0.2) is 0 Å². The zero-order chi connectivity index (χ0) is 17.0. The zero-order valence-corrected chi connectivity index (χ0v) is 14.3. The quantitative estimate of drug-likeness (QED) is 0.886. The highest BCUT2D eigenvalue weighted by Crippen LogP contribution is 2.20. The number of hydrogen-bond donors (Lipinski definition) is 1. The van der Waals surface area contributed by atoms with Gasteiger partial charge in [-0.2, -0.15) is 0 Å². The summed E-state index contributed by atoms with van der Waals surface area (Å²) in [6.45, 7) is 2.76. The third-order valence-electron chi connectivity index (χ3n) is 4.16. The van der Waals surface area contributed by atoms with Crippen molar-refractivity contribution in [2.75, 3.05) is 26.7 Å². The number of amides is 2. The number of rotatable bonds is 5. The third kappa shape index (κ3) is 4.10. The van der Waals surface area contributed by atoms with E-state index in [-0.39, 0.29) is 24.9 Å². The van der Waals surface area contributed by atoms with Crippen LogP contribution in [0.25, 0.3) is 0 Å².